The van der Waals surface area contributed by atoms with Gasteiger partial charge in [-0.3, -0.25) is 9.69 Å². The van der Waals surface area contributed by atoms with Crippen LogP contribution in [0.15, 0.2) is 34.9 Å². The predicted molar refractivity (Wildman–Crippen MR) is 101 cm³/mol. The molecule has 1 aromatic heterocycles. The summed E-state index contributed by atoms with van der Waals surface area (Å²) in [4.78, 5) is 14.7. The highest BCUT2D eigenvalue weighted by Gasteiger charge is 2.26. The van der Waals surface area contributed by atoms with E-state index in [0.717, 1.165) is 63.2 Å². The lowest BCUT2D eigenvalue weighted by Crippen LogP contribution is -2.40. The maximum absolute atomic E-state index is 13.0. The molecular formula is C21H26FN3O3. The molecule has 0 aliphatic carbocycles. The maximum Gasteiger partial charge on any atom is 0.290 e. The molecule has 1 unspecified atom stereocenters. The van der Waals surface area contributed by atoms with E-state index in [1.54, 1.807) is 6.07 Å². The van der Waals surface area contributed by atoms with E-state index < -0.39 is 0 Å². The average Bonchev–Trinajstić information content (AvgIpc) is 3.22. The molecule has 6 nitrogen and oxygen atoms in total. The summed E-state index contributed by atoms with van der Waals surface area (Å²) < 4.78 is 23.7. The quantitative estimate of drug-likeness (QED) is 0.854. The summed E-state index contributed by atoms with van der Waals surface area (Å²) in [5.41, 5.74) is 1.97. The molecule has 1 atom stereocenters. The highest BCUT2D eigenvalue weighted by atomic mass is 19.1. The normalized spacial score (nSPS) is 21.5. The lowest BCUT2D eigenvalue weighted by molar-refractivity contribution is 0.0608. The van der Waals surface area contributed by atoms with Crippen LogP contribution < -0.4 is 5.32 Å². The van der Waals surface area contributed by atoms with Crippen LogP contribution in [0.25, 0.3) is 0 Å². The smallest absolute Gasteiger partial charge is 0.290 e. The van der Waals surface area contributed by atoms with Gasteiger partial charge in [0, 0.05) is 25.1 Å². The summed E-state index contributed by atoms with van der Waals surface area (Å²) in [6.45, 7) is 4.02. The second-order valence-electron chi connectivity index (χ2n) is 7.68. The van der Waals surface area contributed by atoms with Gasteiger partial charge in [-0.25, -0.2) is 4.39 Å². The average molecular weight is 387 g/mol. The number of nitrogens with one attached hydrogen (secondary N) is 1. The number of likely N-dealkylation sites (tertiary alicyclic amines) is 1. The number of ether oxygens (including phenoxy) is 1. The Labute approximate surface area is 164 Å². The molecule has 2 aliphatic heterocycles. The van der Waals surface area contributed by atoms with Crippen LogP contribution in [0.3, 0.4) is 0 Å². The first-order valence-corrected chi connectivity index (χ1v) is 9.99. The summed E-state index contributed by atoms with van der Waals surface area (Å²) in [6.07, 6.45) is 3.82. The van der Waals surface area contributed by atoms with E-state index in [-0.39, 0.29) is 23.5 Å². The summed E-state index contributed by atoms with van der Waals surface area (Å²) in [5, 5.41) is 7.10. The lowest BCUT2D eigenvalue weighted by Gasteiger charge is -2.31. The number of hydrogen-bond acceptors (Lipinski definition) is 5. The molecule has 0 saturated carbocycles. The van der Waals surface area contributed by atoms with Gasteiger partial charge in [0.05, 0.1) is 18.3 Å². The van der Waals surface area contributed by atoms with Crippen LogP contribution >= 0.6 is 0 Å². The van der Waals surface area contributed by atoms with Gasteiger partial charge in [-0.05, 0) is 56.5 Å². The van der Waals surface area contributed by atoms with Gasteiger partial charge in [-0.15, -0.1) is 0 Å². The number of nitrogens with zero attached hydrogens (tertiary/aromatic N) is 2. The molecule has 4 rings (SSSR count). The van der Waals surface area contributed by atoms with Crippen molar-refractivity contribution in [3.8, 4) is 0 Å². The van der Waals surface area contributed by atoms with Crippen LogP contribution in [-0.2, 0) is 11.3 Å². The third-order valence-corrected chi connectivity index (χ3v) is 5.57. The fourth-order valence-electron chi connectivity index (χ4n) is 3.93. The number of halogens is 1. The fraction of sp³-hybridized carbons (Fsp3) is 0.524. The van der Waals surface area contributed by atoms with Gasteiger partial charge in [0.25, 0.3) is 5.91 Å². The monoisotopic (exact) mass is 387 g/mol. The molecular weight excluding hydrogens is 361 g/mol. The molecule has 150 valence electrons. The van der Waals surface area contributed by atoms with Crippen LogP contribution in [0.4, 0.5) is 4.39 Å². The minimum absolute atomic E-state index is 0.0458. The minimum Gasteiger partial charge on any atom is -0.379 e. The first-order chi connectivity index (χ1) is 13.7. The molecule has 0 spiro atoms. The first-order valence-electron chi connectivity index (χ1n) is 9.99. The van der Waals surface area contributed by atoms with E-state index >= 15 is 0 Å². The Balaban J connectivity index is 1.27. The van der Waals surface area contributed by atoms with Gasteiger partial charge < -0.3 is 14.6 Å². The van der Waals surface area contributed by atoms with Crippen molar-refractivity contribution in [3.05, 3.63) is 53.2 Å². The van der Waals surface area contributed by atoms with E-state index in [4.69, 9.17) is 9.26 Å². The summed E-state index contributed by atoms with van der Waals surface area (Å²) >= 11 is 0. The Morgan fingerprint density at radius 1 is 1.21 bits per heavy atom. The minimum atomic E-state index is -0.219. The third kappa shape index (κ3) is 4.77. The highest BCUT2D eigenvalue weighted by molar-refractivity contribution is 5.91. The second-order valence-corrected chi connectivity index (χ2v) is 7.68. The van der Waals surface area contributed by atoms with E-state index in [0.29, 0.717) is 12.5 Å². The predicted octanol–water partition coefficient (Wildman–Crippen LogP) is 3.10. The number of carbonyl (C=O) groups is 1. The Bertz CT molecular complexity index is 778. The molecule has 3 heterocycles. The van der Waals surface area contributed by atoms with Crippen LogP contribution in [0.2, 0.25) is 0 Å². The SMILES string of the molecule is O=C(NC1CCCOC1)c1cc(C2CCN(Cc3ccc(F)cc3)CC2)no1. The van der Waals surface area contributed by atoms with Crippen molar-refractivity contribution in [2.24, 2.45) is 0 Å². The molecule has 1 N–H and O–H groups in total. The van der Waals surface area contributed by atoms with Crippen molar-refractivity contribution in [1.82, 2.24) is 15.4 Å². The summed E-state index contributed by atoms with van der Waals surface area (Å²) in [7, 11) is 0. The van der Waals surface area contributed by atoms with Crippen molar-refractivity contribution in [2.75, 3.05) is 26.3 Å². The standard InChI is InChI=1S/C21H26FN3O3/c22-17-5-3-15(4-6-17)13-25-9-7-16(8-10-25)19-12-20(28-24-19)21(26)23-18-2-1-11-27-14-18/h3-6,12,16,18H,1-2,7-11,13-14H2,(H,23,26). The Morgan fingerprint density at radius 2 is 2.00 bits per heavy atom. The number of aromatic nitrogens is 1. The maximum atomic E-state index is 13.0. The van der Waals surface area contributed by atoms with Crippen LogP contribution in [0.5, 0.6) is 0 Å². The van der Waals surface area contributed by atoms with Crippen molar-refractivity contribution in [3.63, 3.8) is 0 Å². The van der Waals surface area contributed by atoms with Crippen molar-refractivity contribution in [2.45, 2.75) is 44.2 Å². The zero-order chi connectivity index (χ0) is 19.3. The van der Waals surface area contributed by atoms with E-state index in [1.165, 1.54) is 12.1 Å². The number of hydrogen-bond donors (Lipinski definition) is 1. The second kappa shape index (κ2) is 8.84. The number of amides is 1. The topological polar surface area (TPSA) is 67.6 Å². The molecule has 2 saturated heterocycles. The Kier molecular flexibility index (Phi) is 6.02. The fourth-order valence-corrected chi connectivity index (χ4v) is 3.93. The summed E-state index contributed by atoms with van der Waals surface area (Å²) in [5.74, 6) is 0.148. The molecule has 0 bridgehead atoms. The number of benzene rings is 1. The molecule has 2 fully saturated rings. The number of piperidine rings is 1. The van der Waals surface area contributed by atoms with Crippen LogP contribution in [-0.4, -0.2) is 48.3 Å². The molecule has 7 heteroatoms. The molecule has 28 heavy (non-hydrogen) atoms. The zero-order valence-corrected chi connectivity index (χ0v) is 15.9. The van der Waals surface area contributed by atoms with Crippen LogP contribution in [0.1, 0.15) is 53.4 Å². The first kappa shape index (κ1) is 19.1. The lowest BCUT2D eigenvalue weighted by atomic mass is 9.93. The van der Waals surface area contributed by atoms with Gasteiger partial charge in [0.2, 0.25) is 5.76 Å². The van der Waals surface area contributed by atoms with Gasteiger partial charge in [0.15, 0.2) is 0 Å². The van der Waals surface area contributed by atoms with Gasteiger partial charge in [-0.1, -0.05) is 17.3 Å². The molecule has 1 amide bonds. The van der Waals surface area contributed by atoms with E-state index in [1.807, 2.05) is 12.1 Å². The van der Waals surface area contributed by atoms with Crippen LogP contribution in [0, 0.1) is 5.82 Å². The number of rotatable bonds is 5. The van der Waals surface area contributed by atoms with Gasteiger partial charge in [-0.2, -0.15) is 0 Å². The molecule has 2 aromatic rings. The molecule has 0 radical (unpaired) electrons. The van der Waals surface area contributed by atoms with Gasteiger partial charge in [0.1, 0.15) is 5.82 Å². The van der Waals surface area contributed by atoms with Gasteiger partial charge >= 0.3 is 0 Å². The highest BCUT2D eigenvalue weighted by Crippen LogP contribution is 2.28. The Morgan fingerprint density at radius 3 is 2.71 bits per heavy atom. The number of carbonyl (C=O) groups excluding carboxylic acids is 1. The molecule has 1 aromatic carbocycles. The van der Waals surface area contributed by atoms with Crippen molar-refractivity contribution >= 4 is 5.91 Å². The third-order valence-electron chi connectivity index (χ3n) is 5.57. The van der Waals surface area contributed by atoms with Crippen molar-refractivity contribution < 1.29 is 18.4 Å². The summed E-state index contributed by atoms with van der Waals surface area (Å²) in [6, 6.07) is 8.50. The Hall–Kier alpha value is -2.25. The van der Waals surface area contributed by atoms with E-state index in [9.17, 15) is 9.18 Å². The largest absolute Gasteiger partial charge is 0.379 e. The van der Waals surface area contributed by atoms with E-state index in [2.05, 4.69) is 15.4 Å². The zero-order valence-electron chi connectivity index (χ0n) is 15.9. The van der Waals surface area contributed by atoms with Crippen molar-refractivity contribution in [1.29, 1.82) is 0 Å². The molecule has 2 aliphatic rings.